The van der Waals surface area contributed by atoms with E-state index in [0.29, 0.717) is 6.61 Å². The minimum absolute atomic E-state index is 0.698. The summed E-state index contributed by atoms with van der Waals surface area (Å²) >= 11 is 0. The van der Waals surface area contributed by atoms with Crippen molar-refractivity contribution < 1.29 is 4.84 Å². The first-order valence-electron chi connectivity index (χ1n) is 3.20. The van der Waals surface area contributed by atoms with Gasteiger partial charge in [0.1, 0.15) is 0 Å². The van der Waals surface area contributed by atoms with Crippen molar-refractivity contribution in [3.05, 3.63) is 0 Å². The largest absolute Gasteiger partial charge is 0.282 e. The van der Waals surface area contributed by atoms with E-state index in [2.05, 4.69) is 12.4 Å². The van der Waals surface area contributed by atoms with Gasteiger partial charge in [-0.3, -0.25) is 4.84 Å². The minimum Gasteiger partial charge on any atom is -0.282 e. The van der Waals surface area contributed by atoms with Gasteiger partial charge in [0.15, 0.2) is 0 Å². The molecule has 0 aliphatic rings. The molecule has 0 aliphatic carbocycles. The highest BCUT2D eigenvalue weighted by molar-refractivity contribution is 4.32. The summed E-state index contributed by atoms with van der Waals surface area (Å²) < 4.78 is 0. The van der Waals surface area contributed by atoms with E-state index in [-0.39, 0.29) is 0 Å². The zero-order chi connectivity index (χ0) is 6.24. The molecule has 0 aromatic carbocycles. The molecule has 0 bridgehead atoms. The van der Waals surface area contributed by atoms with Gasteiger partial charge in [-0.1, -0.05) is 18.8 Å². The maximum Gasteiger partial charge on any atom is 0.0674 e. The van der Waals surface area contributed by atoms with Gasteiger partial charge in [0.25, 0.3) is 0 Å². The normalized spacial score (nSPS) is 9.75. The lowest BCUT2D eigenvalue weighted by Gasteiger charge is -1.95. The monoisotopic (exact) mass is 116 g/mol. The topological polar surface area (TPSA) is 23.3 Å². The van der Waals surface area contributed by atoms with Gasteiger partial charge in [-0.2, -0.15) is 0 Å². The summed E-state index contributed by atoms with van der Waals surface area (Å²) in [7, 11) is 0. The number of unbranched alkanes of at least 4 members (excludes halogenated alkanes) is 1. The van der Waals surface area contributed by atoms with Crippen LogP contribution in [0.3, 0.4) is 0 Å². The van der Waals surface area contributed by atoms with Gasteiger partial charge in [0, 0.05) is 6.54 Å². The Balaban J connectivity index is 2.53. The lowest BCUT2D eigenvalue weighted by Crippen LogP contribution is -2.06. The molecule has 0 saturated heterocycles. The van der Waals surface area contributed by atoms with Crippen molar-refractivity contribution in [1.82, 2.24) is 5.48 Å². The van der Waals surface area contributed by atoms with Gasteiger partial charge in [0.05, 0.1) is 6.61 Å². The molecule has 0 atom stereocenters. The van der Waals surface area contributed by atoms with Crippen LogP contribution in [0.1, 0.15) is 26.7 Å². The van der Waals surface area contributed by atoms with E-state index >= 15 is 0 Å². The fraction of sp³-hybridized carbons (Fsp3) is 1.00. The van der Waals surface area contributed by atoms with Crippen molar-refractivity contribution in [2.45, 2.75) is 26.7 Å². The Labute approximate surface area is 51.2 Å². The van der Waals surface area contributed by atoms with Crippen molar-refractivity contribution in [2.75, 3.05) is 13.2 Å². The minimum atomic E-state index is 0.698. The quantitative estimate of drug-likeness (QED) is 0.392. The van der Waals surface area contributed by atoms with Crippen LogP contribution in [0.2, 0.25) is 0 Å². The Morgan fingerprint density at radius 2 is 2.12 bits per heavy atom. The van der Waals surface area contributed by atoms with Gasteiger partial charge in [-0.05, 0) is 13.3 Å². The number of nitrogens with zero attached hydrogens (tertiary/aromatic N) is 1. The molecule has 0 fully saturated rings. The first-order valence-corrected chi connectivity index (χ1v) is 3.20. The van der Waals surface area contributed by atoms with E-state index in [1.807, 2.05) is 6.92 Å². The van der Waals surface area contributed by atoms with Crippen LogP contribution in [0.15, 0.2) is 0 Å². The summed E-state index contributed by atoms with van der Waals surface area (Å²) in [5.41, 5.74) is 3.78. The summed E-state index contributed by atoms with van der Waals surface area (Å²) in [4.78, 5) is 4.76. The van der Waals surface area contributed by atoms with Crippen molar-refractivity contribution >= 4 is 0 Å². The molecule has 0 spiro atoms. The second kappa shape index (κ2) is 6.92. The van der Waals surface area contributed by atoms with Crippen molar-refractivity contribution in [1.29, 1.82) is 0 Å². The van der Waals surface area contributed by atoms with E-state index < -0.39 is 0 Å². The van der Waals surface area contributed by atoms with Crippen LogP contribution in [0.5, 0.6) is 0 Å². The van der Waals surface area contributed by atoms with E-state index in [1.165, 1.54) is 6.42 Å². The van der Waals surface area contributed by atoms with E-state index in [9.17, 15) is 0 Å². The smallest absolute Gasteiger partial charge is 0.0674 e. The average molecular weight is 116 g/mol. The lowest BCUT2D eigenvalue weighted by molar-refractivity contribution is 0.0419. The summed E-state index contributed by atoms with van der Waals surface area (Å²) in [5, 5.41) is 0. The third-order valence-corrected chi connectivity index (χ3v) is 0.823. The van der Waals surface area contributed by atoms with Crippen LogP contribution in [0, 0.1) is 0 Å². The van der Waals surface area contributed by atoms with Crippen molar-refractivity contribution in [3.8, 4) is 0 Å². The first kappa shape index (κ1) is 7.92. The molecule has 0 saturated carbocycles. The summed E-state index contributed by atoms with van der Waals surface area (Å²) in [6.07, 6.45) is 2.33. The zero-order valence-electron chi connectivity index (χ0n) is 5.68. The molecule has 0 aromatic rings. The second-order valence-electron chi connectivity index (χ2n) is 1.62. The Kier molecular flexibility index (Phi) is 6.85. The first-order chi connectivity index (χ1) is 3.91. The maximum atomic E-state index is 4.76. The van der Waals surface area contributed by atoms with E-state index in [0.717, 1.165) is 13.0 Å². The van der Waals surface area contributed by atoms with Crippen LogP contribution in [-0.4, -0.2) is 13.2 Å². The van der Waals surface area contributed by atoms with Gasteiger partial charge in [0.2, 0.25) is 0 Å². The highest BCUT2D eigenvalue weighted by Gasteiger charge is 1.82. The second-order valence-corrected chi connectivity index (χ2v) is 1.62. The molecule has 0 rings (SSSR count). The molecule has 0 N–H and O–H groups in total. The maximum absolute atomic E-state index is 4.76. The summed E-state index contributed by atoms with van der Waals surface area (Å²) in [5.74, 6) is 0. The molecule has 2 heteroatoms. The standard InChI is InChI=1S/C6H14NO/c1-3-5-6-7-8-4-2/h3-6H2,1-2H3. The van der Waals surface area contributed by atoms with E-state index in [4.69, 9.17) is 4.84 Å². The number of hydrogen-bond acceptors (Lipinski definition) is 1. The summed E-state index contributed by atoms with van der Waals surface area (Å²) in [6, 6.07) is 0. The molecule has 0 aliphatic heterocycles. The van der Waals surface area contributed by atoms with Crippen LogP contribution in [0.25, 0.3) is 0 Å². The van der Waals surface area contributed by atoms with Crippen LogP contribution >= 0.6 is 0 Å². The predicted molar refractivity (Wildman–Crippen MR) is 33.5 cm³/mol. The molecule has 0 aromatic heterocycles. The van der Waals surface area contributed by atoms with Crippen molar-refractivity contribution in [3.63, 3.8) is 0 Å². The van der Waals surface area contributed by atoms with Crippen LogP contribution in [-0.2, 0) is 4.84 Å². The van der Waals surface area contributed by atoms with Gasteiger partial charge in [-0.15, -0.1) is 0 Å². The molecule has 0 amide bonds. The summed E-state index contributed by atoms with van der Waals surface area (Å²) in [6.45, 7) is 5.63. The fourth-order valence-electron chi connectivity index (χ4n) is 0.379. The van der Waals surface area contributed by atoms with Gasteiger partial charge in [-0.25, -0.2) is 0 Å². The number of hydrogen-bond donors (Lipinski definition) is 0. The van der Waals surface area contributed by atoms with Crippen molar-refractivity contribution in [2.24, 2.45) is 0 Å². The molecule has 0 heterocycles. The molecule has 2 nitrogen and oxygen atoms in total. The fourth-order valence-corrected chi connectivity index (χ4v) is 0.379. The average Bonchev–Trinajstić information content (AvgIpc) is 1.81. The molecule has 8 heavy (non-hydrogen) atoms. The highest BCUT2D eigenvalue weighted by atomic mass is 16.6. The molecule has 1 radical (unpaired) electrons. The molecule has 49 valence electrons. The number of hydroxylamine groups is 1. The highest BCUT2D eigenvalue weighted by Crippen LogP contribution is 1.82. The number of rotatable bonds is 5. The van der Waals surface area contributed by atoms with Crippen LogP contribution < -0.4 is 5.48 Å². The Morgan fingerprint density at radius 3 is 2.62 bits per heavy atom. The van der Waals surface area contributed by atoms with Gasteiger partial charge < -0.3 is 0 Å². The van der Waals surface area contributed by atoms with Crippen LogP contribution in [0.4, 0.5) is 0 Å². The Morgan fingerprint density at radius 1 is 1.38 bits per heavy atom. The van der Waals surface area contributed by atoms with E-state index in [1.54, 1.807) is 0 Å². The van der Waals surface area contributed by atoms with Gasteiger partial charge >= 0.3 is 0 Å². The lowest BCUT2D eigenvalue weighted by atomic mass is 10.3. The third-order valence-electron chi connectivity index (χ3n) is 0.823. The molecular formula is C6H14NO. The third kappa shape index (κ3) is 5.92. The zero-order valence-corrected chi connectivity index (χ0v) is 5.68. The predicted octanol–water partition coefficient (Wildman–Crippen LogP) is 1.34. The SMILES string of the molecule is CCCC[N]OCC. The Bertz CT molecular complexity index is 33.5. The Hall–Kier alpha value is -0.0800. The molecule has 0 unspecified atom stereocenters. The molecular weight excluding hydrogens is 102 g/mol.